The van der Waals surface area contributed by atoms with Gasteiger partial charge in [0.1, 0.15) is 0 Å². The normalized spacial score (nSPS) is 34.1. The van der Waals surface area contributed by atoms with Gasteiger partial charge in [-0.1, -0.05) is 13.8 Å². The lowest BCUT2D eigenvalue weighted by atomic mass is 9.82. The zero-order valence-electron chi connectivity index (χ0n) is 10.6. The van der Waals surface area contributed by atoms with Crippen LogP contribution in [0.25, 0.3) is 0 Å². The molecule has 0 aliphatic carbocycles. The third-order valence-electron chi connectivity index (χ3n) is 4.09. The Morgan fingerprint density at radius 2 is 2.31 bits per heavy atom. The van der Waals surface area contributed by atoms with E-state index in [9.17, 15) is 0 Å². The molecule has 2 heterocycles. The Kier molecular flexibility index (Phi) is 4.57. The zero-order chi connectivity index (χ0) is 11.4. The Morgan fingerprint density at radius 3 is 3.00 bits per heavy atom. The van der Waals surface area contributed by atoms with Crippen LogP contribution in [0.1, 0.15) is 33.1 Å². The molecule has 0 amide bonds. The fraction of sp³-hybridized carbons (Fsp3) is 1.00. The molecule has 2 aliphatic heterocycles. The minimum Gasteiger partial charge on any atom is -0.381 e. The SMILES string of the molecule is CC1(C)CCSCC1NCCC1CCOC1. The first kappa shape index (κ1) is 12.7. The Morgan fingerprint density at radius 1 is 1.44 bits per heavy atom. The van der Waals surface area contributed by atoms with Crippen LogP contribution in [-0.2, 0) is 4.74 Å². The highest BCUT2D eigenvalue weighted by molar-refractivity contribution is 7.99. The zero-order valence-corrected chi connectivity index (χ0v) is 11.4. The molecule has 0 aromatic heterocycles. The van der Waals surface area contributed by atoms with E-state index in [0.29, 0.717) is 11.5 Å². The van der Waals surface area contributed by atoms with Crippen LogP contribution < -0.4 is 5.32 Å². The molecule has 16 heavy (non-hydrogen) atoms. The summed E-state index contributed by atoms with van der Waals surface area (Å²) in [6.45, 7) is 7.95. The highest BCUT2D eigenvalue weighted by Crippen LogP contribution is 2.34. The van der Waals surface area contributed by atoms with Gasteiger partial charge in [-0.2, -0.15) is 11.8 Å². The van der Waals surface area contributed by atoms with Gasteiger partial charge in [0.05, 0.1) is 0 Å². The van der Waals surface area contributed by atoms with Crippen LogP contribution >= 0.6 is 11.8 Å². The second-order valence-electron chi connectivity index (χ2n) is 5.84. The van der Waals surface area contributed by atoms with Crippen LogP contribution in [0.15, 0.2) is 0 Å². The molecule has 0 bridgehead atoms. The molecule has 0 saturated carbocycles. The van der Waals surface area contributed by atoms with Crippen LogP contribution in [0.5, 0.6) is 0 Å². The van der Waals surface area contributed by atoms with Crippen LogP contribution in [0.2, 0.25) is 0 Å². The van der Waals surface area contributed by atoms with Gasteiger partial charge in [-0.05, 0) is 42.9 Å². The molecule has 2 unspecified atom stereocenters. The predicted molar refractivity (Wildman–Crippen MR) is 71.1 cm³/mol. The maximum Gasteiger partial charge on any atom is 0.0495 e. The smallest absolute Gasteiger partial charge is 0.0495 e. The maximum atomic E-state index is 5.41. The van der Waals surface area contributed by atoms with Crippen molar-refractivity contribution >= 4 is 11.8 Å². The first-order valence-corrected chi connectivity index (χ1v) is 7.73. The molecule has 94 valence electrons. The summed E-state index contributed by atoms with van der Waals surface area (Å²) in [5, 5.41) is 3.76. The number of hydrogen-bond acceptors (Lipinski definition) is 3. The standard InChI is InChI=1S/C13H25NOS/c1-13(2)5-8-16-10-12(13)14-6-3-11-4-7-15-9-11/h11-12,14H,3-10H2,1-2H3. The van der Waals surface area contributed by atoms with E-state index in [2.05, 4.69) is 30.9 Å². The number of ether oxygens (including phenoxy) is 1. The topological polar surface area (TPSA) is 21.3 Å². The molecule has 2 fully saturated rings. The predicted octanol–water partition coefficient (Wildman–Crippen LogP) is 2.53. The summed E-state index contributed by atoms with van der Waals surface area (Å²) < 4.78 is 5.41. The fourth-order valence-corrected chi connectivity index (χ4v) is 4.19. The first-order valence-electron chi connectivity index (χ1n) is 6.57. The number of nitrogens with one attached hydrogen (secondary N) is 1. The van der Waals surface area contributed by atoms with Crippen molar-refractivity contribution in [3.05, 3.63) is 0 Å². The summed E-state index contributed by atoms with van der Waals surface area (Å²) in [5.41, 5.74) is 0.484. The van der Waals surface area contributed by atoms with Gasteiger partial charge in [0.2, 0.25) is 0 Å². The molecular formula is C13H25NOS. The molecule has 0 radical (unpaired) electrons. The van der Waals surface area contributed by atoms with Crippen molar-refractivity contribution in [2.24, 2.45) is 11.3 Å². The lowest BCUT2D eigenvalue weighted by Crippen LogP contribution is -2.47. The molecule has 0 aromatic rings. The van der Waals surface area contributed by atoms with Gasteiger partial charge >= 0.3 is 0 Å². The van der Waals surface area contributed by atoms with Gasteiger partial charge in [0.25, 0.3) is 0 Å². The van der Waals surface area contributed by atoms with Crippen molar-refractivity contribution in [3.8, 4) is 0 Å². The van der Waals surface area contributed by atoms with E-state index in [0.717, 1.165) is 19.1 Å². The van der Waals surface area contributed by atoms with E-state index in [1.165, 1.54) is 37.3 Å². The molecule has 2 atom stereocenters. The van der Waals surface area contributed by atoms with Gasteiger partial charge in [-0.25, -0.2) is 0 Å². The summed E-state index contributed by atoms with van der Waals surface area (Å²) in [6.07, 6.45) is 3.91. The van der Waals surface area contributed by atoms with Crippen molar-refractivity contribution in [1.82, 2.24) is 5.32 Å². The van der Waals surface area contributed by atoms with Gasteiger partial charge in [0.15, 0.2) is 0 Å². The van der Waals surface area contributed by atoms with E-state index in [1.807, 2.05) is 0 Å². The average Bonchev–Trinajstić information content (AvgIpc) is 2.73. The lowest BCUT2D eigenvalue weighted by Gasteiger charge is -2.39. The molecule has 2 rings (SSSR count). The first-order chi connectivity index (χ1) is 7.68. The van der Waals surface area contributed by atoms with Crippen molar-refractivity contribution < 1.29 is 4.74 Å². The second-order valence-corrected chi connectivity index (χ2v) is 6.99. The van der Waals surface area contributed by atoms with Crippen molar-refractivity contribution in [1.29, 1.82) is 0 Å². The van der Waals surface area contributed by atoms with Crippen LogP contribution in [0.3, 0.4) is 0 Å². The highest BCUT2D eigenvalue weighted by Gasteiger charge is 2.32. The molecule has 2 saturated heterocycles. The van der Waals surface area contributed by atoms with Gasteiger partial charge in [0, 0.05) is 25.0 Å². The fourth-order valence-electron chi connectivity index (χ4n) is 2.54. The molecule has 2 aliphatic rings. The molecule has 3 heteroatoms. The quantitative estimate of drug-likeness (QED) is 0.820. The van der Waals surface area contributed by atoms with Gasteiger partial charge in [-0.3, -0.25) is 0 Å². The number of rotatable bonds is 4. The Hall–Kier alpha value is 0.270. The van der Waals surface area contributed by atoms with Crippen molar-refractivity contribution in [2.45, 2.75) is 39.2 Å². The number of thioether (sulfide) groups is 1. The van der Waals surface area contributed by atoms with Gasteiger partial charge < -0.3 is 10.1 Å². The Bertz CT molecular complexity index is 214. The maximum absolute atomic E-state index is 5.41. The molecule has 0 aromatic carbocycles. The van der Waals surface area contributed by atoms with Gasteiger partial charge in [-0.15, -0.1) is 0 Å². The third-order valence-corrected chi connectivity index (χ3v) is 5.15. The Labute approximate surface area is 104 Å². The van der Waals surface area contributed by atoms with Crippen LogP contribution in [-0.4, -0.2) is 37.3 Å². The molecule has 2 nitrogen and oxygen atoms in total. The van der Waals surface area contributed by atoms with E-state index in [-0.39, 0.29) is 0 Å². The monoisotopic (exact) mass is 243 g/mol. The van der Waals surface area contributed by atoms with E-state index >= 15 is 0 Å². The minimum absolute atomic E-state index is 0.484. The summed E-state index contributed by atoms with van der Waals surface area (Å²) >= 11 is 2.10. The minimum atomic E-state index is 0.484. The number of hydrogen-bond donors (Lipinski definition) is 1. The van der Waals surface area contributed by atoms with Crippen LogP contribution in [0.4, 0.5) is 0 Å². The average molecular weight is 243 g/mol. The second kappa shape index (κ2) is 5.74. The Balaban J connectivity index is 1.67. The third kappa shape index (κ3) is 3.38. The summed E-state index contributed by atoms with van der Waals surface area (Å²) in [7, 11) is 0. The highest BCUT2D eigenvalue weighted by atomic mass is 32.2. The largest absolute Gasteiger partial charge is 0.381 e. The van der Waals surface area contributed by atoms with Crippen LogP contribution in [0, 0.1) is 11.3 Å². The molecule has 1 N–H and O–H groups in total. The summed E-state index contributed by atoms with van der Waals surface area (Å²) in [5.74, 6) is 3.43. The van der Waals surface area contributed by atoms with Crippen molar-refractivity contribution in [2.75, 3.05) is 31.3 Å². The summed E-state index contributed by atoms with van der Waals surface area (Å²) in [4.78, 5) is 0. The van der Waals surface area contributed by atoms with E-state index < -0.39 is 0 Å². The lowest BCUT2D eigenvalue weighted by molar-refractivity contribution is 0.182. The molecule has 0 spiro atoms. The van der Waals surface area contributed by atoms with E-state index in [4.69, 9.17) is 4.74 Å². The summed E-state index contributed by atoms with van der Waals surface area (Å²) in [6, 6.07) is 0.702. The van der Waals surface area contributed by atoms with E-state index in [1.54, 1.807) is 0 Å². The van der Waals surface area contributed by atoms with Crippen molar-refractivity contribution in [3.63, 3.8) is 0 Å². The molecular weight excluding hydrogens is 218 g/mol.